The first kappa shape index (κ1) is 75.6. The maximum Gasteiger partial charge on any atom is 0.0713 e. The first-order chi connectivity index (χ1) is 57.9. The number of benzene rings is 16. The molecule has 0 heteroatoms. The Morgan fingerprint density at radius 1 is 0.178 bits per heavy atom. The monoisotopic (exact) mass is 1520 g/mol. The predicted octanol–water partition coefficient (Wildman–Crippen LogP) is 29.8. The van der Waals surface area contributed by atoms with Gasteiger partial charge >= 0.3 is 0 Å². The van der Waals surface area contributed by atoms with Gasteiger partial charge in [-0.2, -0.15) is 0 Å². The molecule has 0 N–H and O–H groups in total. The van der Waals surface area contributed by atoms with Crippen LogP contribution >= 0.6 is 0 Å². The molecule has 16 aromatic carbocycles. The van der Waals surface area contributed by atoms with E-state index in [1.165, 1.54) is 214 Å². The first-order valence-electron chi connectivity index (χ1n) is 43.3. The highest BCUT2D eigenvalue weighted by Gasteiger charge is 2.50. The van der Waals surface area contributed by atoms with Gasteiger partial charge in [0.2, 0.25) is 0 Å². The molecule has 2 saturated carbocycles. The Balaban J connectivity index is 0.0000000993. The van der Waals surface area contributed by atoms with E-state index in [4.69, 9.17) is 0 Å². The van der Waals surface area contributed by atoms with Gasteiger partial charge in [-0.1, -0.05) is 454 Å². The van der Waals surface area contributed by atoms with Crippen LogP contribution in [0.15, 0.2) is 388 Å². The number of rotatable bonds is 8. The lowest BCUT2D eigenvalue weighted by molar-refractivity contribution is 0.353. The van der Waals surface area contributed by atoms with Gasteiger partial charge in [-0.3, -0.25) is 0 Å². The normalized spacial score (nSPS) is 15.5. The topological polar surface area (TPSA) is 0 Å². The van der Waals surface area contributed by atoms with E-state index in [1.807, 2.05) is 0 Å². The zero-order chi connectivity index (χ0) is 80.0. The molecular weight excluding hydrogens is 1420 g/mol. The summed E-state index contributed by atoms with van der Waals surface area (Å²) in [6.45, 7) is 13.1. The molecule has 2 spiro atoms. The Morgan fingerprint density at radius 2 is 0.390 bits per heavy atom. The summed E-state index contributed by atoms with van der Waals surface area (Å²) in [7, 11) is 0. The Kier molecular flexibility index (Phi) is 20.2. The van der Waals surface area contributed by atoms with E-state index in [2.05, 4.69) is 430 Å². The fourth-order valence-electron chi connectivity index (χ4n) is 22.8. The van der Waals surface area contributed by atoms with Gasteiger partial charge in [-0.25, -0.2) is 0 Å². The Bertz CT molecular complexity index is 5930. The molecule has 2 fully saturated rings. The van der Waals surface area contributed by atoms with Gasteiger partial charge in [-0.05, 0) is 225 Å². The molecule has 0 bridgehead atoms. The second-order valence-corrected chi connectivity index (χ2v) is 34.8. The van der Waals surface area contributed by atoms with Gasteiger partial charge in [0.15, 0.2) is 0 Å². The van der Waals surface area contributed by atoms with Crippen molar-refractivity contribution in [3.63, 3.8) is 0 Å². The highest BCUT2D eigenvalue weighted by molar-refractivity contribution is 5.89. The molecule has 0 radical (unpaired) electrons. The minimum absolute atomic E-state index is 0.0319. The van der Waals surface area contributed by atoms with Crippen LogP contribution in [0.2, 0.25) is 0 Å². The maximum atomic E-state index is 2.38. The second-order valence-electron chi connectivity index (χ2n) is 34.8. The molecule has 0 saturated heterocycles. The molecule has 7 aliphatic rings. The summed E-state index contributed by atoms with van der Waals surface area (Å²) in [4.78, 5) is 0. The van der Waals surface area contributed by atoms with Crippen LogP contribution in [0.3, 0.4) is 0 Å². The molecule has 0 nitrogen and oxygen atoms in total. The fourth-order valence-corrected chi connectivity index (χ4v) is 22.8. The van der Waals surface area contributed by atoms with Crippen molar-refractivity contribution in [3.8, 4) is 55.6 Å². The molecule has 0 aromatic heterocycles. The zero-order valence-corrected chi connectivity index (χ0v) is 69.2. The van der Waals surface area contributed by atoms with Gasteiger partial charge in [0, 0.05) is 16.2 Å². The smallest absolute Gasteiger partial charge is 0.0622 e. The standard InChI is InChI=1S/C29H26.2C27H22.C18H18.C17H16/c1-19-13-20(2)16-23(15-19)29(24-17-21(3)14-22(4)18-24)27-11-7-5-9-25(27)26-10-6-8-12-28(26)29;1-19-11-15-21(16-12-19)27(22-17-13-20(2)14-18-22)25-9-5-3-7-23(25)24-8-4-6-10-26(24)27;1-3-11-21(12-4-1)19-27(20-22-13-5-2-6-14-22)25-17-9-7-15-23(25)24-16-8-10-18-26(24)27;1-6-12-18(13-7-1)16-10-4-2-8-14(16)15-9-3-5-11-17(15)18;1-3-9-15-13(7-1)14-8-2-4-10-16(14)17(15)11-5-6-12-17/h5-18H,1-4H3;3-18H,1-2H3;1-18H,19-20H2;2-5,8-11H,1,6-7,12-13H2;1-4,7-10H,5-6,11-12H2. The molecule has 0 unspecified atom stereocenters. The highest BCUT2D eigenvalue weighted by Crippen LogP contribution is 2.61. The molecule has 118 heavy (non-hydrogen) atoms. The molecule has 576 valence electrons. The molecule has 0 heterocycles. The van der Waals surface area contributed by atoms with Gasteiger partial charge < -0.3 is 0 Å². The van der Waals surface area contributed by atoms with Crippen LogP contribution in [0.25, 0.3) is 55.6 Å². The number of fused-ring (bicyclic) bond motifs is 19. The van der Waals surface area contributed by atoms with Crippen LogP contribution in [-0.2, 0) is 39.9 Å². The maximum absolute atomic E-state index is 2.38. The molecular formula is C118H104. The SMILES string of the molecule is Cc1cc(C)cc(C2(c3cc(C)cc(C)c3)c3ccccc3-c3ccccc32)c1.Cc1ccc(C2(c3ccc(C)cc3)c3ccccc3-c3ccccc32)cc1.c1ccc(CC2(Cc3ccccc3)c3ccccc3-c3ccccc32)cc1.c1ccc2c(c1)-c1ccccc1C21CCCC1.c1ccc2c(c1)-c1ccccc1C21CCCCC1. The van der Waals surface area contributed by atoms with Gasteiger partial charge in [0.1, 0.15) is 0 Å². The van der Waals surface area contributed by atoms with Crippen molar-refractivity contribution in [2.45, 2.75) is 139 Å². The Labute approximate surface area is 700 Å². The van der Waals surface area contributed by atoms with Crippen molar-refractivity contribution >= 4 is 0 Å². The van der Waals surface area contributed by atoms with Crippen LogP contribution in [0.5, 0.6) is 0 Å². The first-order valence-corrected chi connectivity index (χ1v) is 43.3. The number of aryl methyl sites for hydroxylation is 6. The number of hydrogen-bond acceptors (Lipinski definition) is 0. The Morgan fingerprint density at radius 3 is 0.669 bits per heavy atom. The molecule has 7 aliphatic carbocycles. The third-order valence-corrected chi connectivity index (χ3v) is 27.6. The minimum Gasteiger partial charge on any atom is -0.0622 e. The summed E-state index contributed by atoms with van der Waals surface area (Å²) >= 11 is 0. The van der Waals surface area contributed by atoms with Gasteiger partial charge in [-0.15, -0.1) is 0 Å². The lowest BCUT2D eigenvalue weighted by atomic mass is 9.66. The average Bonchev–Trinajstić information content (AvgIpc) is 1.51. The minimum atomic E-state index is -0.291. The summed E-state index contributed by atoms with van der Waals surface area (Å²) in [5.74, 6) is 0. The van der Waals surface area contributed by atoms with E-state index < -0.39 is 0 Å². The van der Waals surface area contributed by atoms with Crippen LogP contribution in [0.4, 0.5) is 0 Å². The van der Waals surface area contributed by atoms with E-state index in [-0.39, 0.29) is 16.2 Å². The lowest BCUT2D eigenvalue weighted by Gasteiger charge is -2.35. The summed E-state index contributed by atoms with van der Waals surface area (Å²) in [6, 6.07) is 144. The quantitative estimate of drug-likeness (QED) is 0.142. The molecule has 23 rings (SSSR count). The van der Waals surface area contributed by atoms with Crippen molar-refractivity contribution in [2.75, 3.05) is 0 Å². The molecule has 16 aromatic rings. The third-order valence-electron chi connectivity index (χ3n) is 27.6. The van der Waals surface area contributed by atoms with Crippen molar-refractivity contribution in [2.24, 2.45) is 0 Å². The van der Waals surface area contributed by atoms with Crippen LogP contribution in [0, 0.1) is 41.5 Å². The Hall–Kier alpha value is -12.5. The van der Waals surface area contributed by atoms with Crippen LogP contribution in [-0.4, -0.2) is 0 Å². The van der Waals surface area contributed by atoms with Crippen LogP contribution < -0.4 is 0 Å². The van der Waals surface area contributed by atoms with Crippen molar-refractivity contribution in [1.29, 1.82) is 0 Å². The van der Waals surface area contributed by atoms with E-state index in [1.54, 1.807) is 22.3 Å². The van der Waals surface area contributed by atoms with E-state index in [0.717, 1.165) is 12.8 Å². The molecule has 0 amide bonds. The highest BCUT2D eigenvalue weighted by atomic mass is 14.5. The predicted molar refractivity (Wildman–Crippen MR) is 496 cm³/mol. The average molecular weight is 1520 g/mol. The van der Waals surface area contributed by atoms with Crippen LogP contribution in [0.1, 0.15) is 180 Å². The largest absolute Gasteiger partial charge is 0.0713 e. The lowest BCUT2D eigenvalue weighted by Crippen LogP contribution is -2.31. The summed E-state index contributed by atoms with van der Waals surface area (Å²) in [6.07, 6.45) is 14.3. The van der Waals surface area contributed by atoms with Crippen molar-refractivity contribution in [1.82, 2.24) is 0 Å². The summed E-state index contributed by atoms with van der Waals surface area (Å²) in [5, 5.41) is 0. The summed E-state index contributed by atoms with van der Waals surface area (Å²) in [5.41, 5.74) is 44.9. The molecule has 0 atom stereocenters. The van der Waals surface area contributed by atoms with E-state index in [9.17, 15) is 0 Å². The van der Waals surface area contributed by atoms with Crippen molar-refractivity contribution < 1.29 is 0 Å². The van der Waals surface area contributed by atoms with E-state index in [0.29, 0.717) is 10.8 Å². The van der Waals surface area contributed by atoms with Crippen molar-refractivity contribution in [3.05, 3.63) is 511 Å². The van der Waals surface area contributed by atoms with Gasteiger partial charge in [0.05, 0.1) is 10.8 Å². The fraction of sp³-hybridized carbons (Fsp3) is 0.186. The molecule has 0 aliphatic heterocycles. The second kappa shape index (κ2) is 31.5. The third kappa shape index (κ3) is 12.9. The van der Waals surface area contributed by atoms with E-state index >= 15 is 0 Å². The van der Waals surface area contributed by atoms with Gasteiger partial charge in [0.25, 0.3) is 0 Å². The zero-order valence-electron chi connectivity index (χ0n) is 69.2. The number of hydrogen-bond donors (Lipinski definition) is 0. The summed E-state index contributed by atoms with van der Waals surface area (Å²) < 4.78 is 0.